The summed E-state index contributed by atoms with van der Waals surface area (Å²) in [5.41, 5.74) is 0.543. The van der Waals surface area contributed by atoms with E-state index in [1.165, 1.54) is 0 Å². The van der Waals surface area contributed by atoms with Crippen molar-refractivity contribution in [3.05, 3.63) is 22.8 Å². The molecule has 0 spiro atoms. The van der Waals surface area contributed by atoms with Crippen LogP contribution in [0, 0.1) is 0 Å². The molecule has 0 unspecified atom stereocenters. The fourth-order valence-electron chi connectivity index (χ4n) is 2.25. The molecule has 0 radical (unpaired) electrons. The SMILES string of the molecule is CCOC1CCN(c2ccc(Cl)c(CO)n2)CC1. The van der Waals surface area contributed by atoms with Crippen LogP contribution in [0.5, 0.6) is 0 Å². The van der Waals surface area contributed by atoms with Gasteiger partial charge in [0.15, 0.2) is 0 Å². The van der Waals surface area contributed by atoms with Gasteiger partial charge in [0.25, 0.3) is 0 Å². The summed E-state index contributed by atoms with van der Waals surface area (Å²) >= 11 is 5.94. The van der Waals surface area contributed by atoms with E-state index in [-0.39, 0.29) is 6.61 Å². The molecule has 0 bridgehead atoms. The highest BCUT2D eigenvalue weighted by atomic mass is 35.5. The summed E-state index contributed by atoms with van der Waals surface area (Å²) in [5, 5.41) is 9.69. The van der Waals surface area contributed by atoms with Crippen molar-refractivity contribution in [1.29, 1.82) is 0 Å². The molecule has 2 heterocycles. The Kier molecular flexibility index (Phi) is 4.80. The van der Waals surface area contributed by atoms with Crippen LogP contribution in [-0.2, 0) is 11.3 Å². The van der Waals surface area contributed by atoms with Crippen molar-refractivity contribution in [1.82, 2.24) is 4.98 Å². The summed E-state index contributed by atoms with van der Waals surface area (Å²) < 4.78 is 5.62. The average Bonchev–Trinajstić information content (AvgIpc) is 2.41. The van der Waals surface area contributed by atoms with Crippen molar-refractivity contribution >= 4 is 17.4 Å². The van der Waals surface area contributed by atoms with E-state index >= 15 is 0 Å². The van der Waals surface area contributed by atoms with Gasteiger partial charge in [0.2, 0.25) is 0 Å². The van der Waals surface area contributed by atoms with E-state index in [2.05, 4.69) is 9.88 Å². The number of nitrogens with zero attached hydrogens (tertiary/aromatic N) is 2. The molecule has 4 nitrogen and oxygen atoms in total. The first kappa shape index (κ1) is 13.6. The zero-order valence-corrected chi connectivity index (χ0v) is 11.4. The van der Waals surface area contributed by atoms with Crippen LogP contribution in [0.25, 0.3) is 0 Å². The molecule has 100 valence electrons. The van der Waals surface area contributed by atoms with Crippen molar-refractivity contribution < 1.29 is 9.84 Å². The number of ether oxygens (including phenoxy) is 1. The summed E-state index contributed by atoms with van der Waals surface area (Å²) in [6.07, 6.45) is 2.41. The predicted molar refractivity (Wildman–Crippen MR) is 72.0 cm³/mol. The second-order valence-corrected chi connectivity index (χ2v) is 4.81. The second-order valence-electron chi connectivity index (χ2n) is 4.40. The number of aromatic nitrogens is 1. The standard InChI is InChI=1S/C13H19ClN2O2/c1-2-18-10-5-7-16(8-6-10)13-4-3-11(14)12(9-17)15-13/h3-4,10,17H,2,5-9H2,1H3. The fraction of sp³-hybridized carbons (Fsp3) is 0.615. The molecule has 2 rings (SSSR count). The minimum atomic E-state index is -0.123. The van der Waals surface area contributed by atoms with Crippen LogP contribution >= 0.6 is 11.6 Å². The topological polar surface area (TPSA) is 45.6 Å². The molecule has 1 aromatic rings. The lowest BCUT2D eigenvalue weighted by atomic mass is 10.1. The van der Waals surface area contributed by atoms with Crippen molar-refractivity contribution in [3.63, 3.8) is 0 Å². The first-order chi connectivity index (χ1) is 8.74. The van der Waals surface area contributed by atoms with Crippen LogP contribution < -0.4 is 4.90 Å². The van der Waals surface area contributed by atoms with Gasteiger partial charge in [-0.3, -0.25) is 0 Å². The Morgan fingerprint density at radius 3 is 2.78 bits per heavy atom. The Morgan fingerprint density at radius 2 is 2.17 bits per heavy atom. The molecule has 0 atom stereocenters. The van der Waals surface area contributed by atoms with E-state index < -0.39 is 0 Å². The van der Waals surface area contributed by atoms with Gasteiger partial charge in [0, 0.05) is 19.7 Å². The third-order valence-corrected chi connectivity index (χ3v) is 3.57. The molecular weight excluding hydrogens is 252 g/mol. The summed E-state index contributed by atoms with van der Waals surface area (Å²) in [7, 11) is 0. The molecule has 0 saturated carbocycles. The third-order valence-electron chi connectivity index (χ3n) is 3.22. The molecular formula is C13H19ClN2O2. The molecule has 1 fully saturated rings. The molecule has 0 aliphatic carbocycles. The Morgan fingerprint density at radius 1 is 1.44 bits per heavy atom. The second kappa shape index (κ2) is 6.36. The van der Waals surface area contributed by atoms with Crippen LogP contribution in [0.3, 0.4) is 0 Å². The minimum absolute atomic E-state index is 0.123. The first-order valence-electron chi connectivity index (χ1n) is 6.37. The summed E-state index contributed by atoms with van der Waals surface area (Å²) in [4.78, 5) is 6.60. The van der Waals surface area contributed by atoms with Crippen molar-refractivity contribution in [3.8, 4) is 0 Å². The van der Waals surface area contributed by atoms with Gasteiger partial charge in [-0.15, -0.1) is 0 Å². The Labute approximate surface area is 113 Å². The highest BCUT2D eigenvalue weighted by Gasteiger charge is 2.20. The number of rotatable bonds is 4. The van der Waals surface area contributed by atoms with Gasteiger partial charge in [-0.25, -0.2) is 4.98 Å². The number of pyridine rings is 1. The van der Waals surface area contributed by atoms with Crippen LogP contribution in [0.2, 0.25) is 5.02 Å². The van der Waals surface area contributed by atoms with Gasteiger partial charge < -0.3 is 14.7 Å². The Bertz CT molecular complexity index is 393. The quantitative estimate of drug-likeness (QED) is 0.911. The molecule has 1 saturated heterocycles. The normalized spacial score (nSPS) is 17.2. The van der Waals surface area contributed by atoms with Crippen molar-refractivity contribution in [2.45, 2.75) is 32.5 Å². The monoisotopic (exact) mass is 270 g/mol. The lowest BCUT2D eigenvalue weighted by Gasteiger charge is -2.32. The Balaban J connectivity index is 2.01. The van der Waals surface area contributed by atoms with E-state index in [1.54, 1.807) is 6.07 Å². The van der Waals surface area contributed by atoms with Crippen LogP contribution in [0.15, 0.2) is 12.1 Å². The van der Waals surface area contributed by atoms with Crippen molar-refractivity contribution in [2.75, 3.05) is 24.6 Å². The lowest BCUT2D eigenvalue weighted by molar-refractivity contribution is 0.0458. The average molecular weight is 271 g/mol. The molecule has 0 aromatic carbocycles. The molecule has 1 aliphatic rings. The number of hydrogen-bond donors (Lipinski definition) is 1. The summed E-state index contributed by atoms with van der Waals surface area (Å²) in [6, 6.07) is 3.70. The van der Waals surface area contributed by atoms with Gasteiger partial charge in [0.05, 0.1) is 23.4 Å². The Hall–Kier alpha value is -0.840. The number of aliphatic hydroxyl groups is 1. The van der Waals surface area contributed by atoms with Crippen LogP contribution in [0.4, 0.5) is 5.82 Å². The van der Waals surface area contributed by atoms with E-state index in [0.29, 0.717) is 16.8 Å². The third kappa shape index (κ3) is 3.13. The van der Waals surface area contributed by atoms with Gasteiger partial charge in [-0.05, 0) is 31.9 Å². The number of halogens is 1. The van der Waals surface area contributed by atoms with Crippen LogP contribution in [0.1, 0.15) is 25.5 Å². The van der Waals surface area contributed by atoms with E-state index in [1.807, 2.05) is 13.0 Å². The zero-order valence-electron chi connectivity index (χ0n) is 10.6. The molecule has 0 amide bonds. The maximum Gasteiger partial charge on any atom is 0.129 e. The lowest BCUT2D eigenvalue weighted by Crippen LogP contribution is -2.37. The molecule has 1 aliphatic heterocycles. The maximum atomic E-state index is 9.17. The summed E-state index contributed by atoms with van der Waals surface area (Å²) in [6.45, 7) is 4.55. The van der Waals surface area contributed by atoms with Gasteiger partial charge in [0.1, 0.15) is 5.82 Å². The highest BCUT2D eigenvalue weighted by Crippen LogP contribution is 2.23. The summed E-state index contributed by atoms with van der Waals surface area (Å²) in [5.74, 6) is 0.887. The zero-order chi connectivity index (χ0) is 13.0. The van der Waals surface area contributed by atoms with Crippen molar-refractivity contribution in [2.24, 2.45) is 0 Å². The molecule has 1 aromatic heterocycles. The van der Waals surface area contributed by atoms with E-state index in [0.717, 1.165) is 38.4 Å². The van der Waals surface area contributed by atoms with Gasteiger partial charge in [-0.1, -0.05) is 11.6 Å². The fourth-order valence-corrected chi connectivity index (χ4v) is 2.41. The van der Waals surface area contributed by atoms with Crippen LogP contribution in [-0.4, -0.2) is 35.9 Å². The highest BCUT2D eigenvalue weighted by molar-refractivity contribution is 6.31. The molecule has 18 heavy (non-hydrogen) atoms. The molecule has 1 N–H and O–H groups in total. The van der Waals surface area contributed by atoms with E-state index in [9.17, 15) is 0 Å². The van der Waals surface area contributed by atoms with Gasteiger partial charge in [-0.2, -0.15) is 0 Å². The minimum Gasteiger partial charge on any atom is -0.390 e. The van der Waals surface area contributed by atoms with Gasteiger partial charge >= 0.3 is 0 Å². The number of anilines is 1. The number of piperidine rings is 1. The largest absolute Gasteiger partial charge is 0.390 e. The number of aliphatic hydroxyl groups excluding tert-OH is 1. The molecule has 5 heteroatoms. The first-order valence-corrected chi connectivity index (χ1v) is 6.75. The smallest absolute Gasteiger partial charge is 0.129 e. The maximum absolute atomic E-state index is 9.17. The predicted octanol–water partition coefficient (Wildman–Crippen LogP) is 2.23. The van der Waals surface area contributed by atoms with E-state index in [4.69, 9.17) is 21.4 Å². The number of hydrogen-bond acceptors (Lipinski definition) is 4.